The van der Waals surface area contributed by atoms with Crippen LogP contribution in [0.4, 0.5) is 0 Å². The van der Waals surface area contributed by atoms with E-state index in [2.05, 4.69) is 5.32 Å². The Morgan fingerprint density at radius 2 is 2.08 bits per heavy atom. The SMILES string of the molecule is CC(C)(C)NC1CCN(S(=O)(=O)c2cccc(C#N)c2)C1C(=O)O. The summed E-state index contributed by atoms with van der Waals surface area (Å²) in [4.78, 5) is 11.6. The van der Waals surface area contributed by atoms with Crippen LogP contribution in [0.5, 0.6) is 0 Å². The lowest BCUT2D eigenvalue weighted by molar-refractivity contribution is -0.141. The number of rotatable bonds is 4. The van der Waals surface area contributed by atoms with Gasteiger partial charge in [-0.1, -0.05) is 6.07 Å². The fourth-order valence-corrected chi connectivity index (χ4v) is 4.58. The highest BCUT2D eigenvalue weighted by Crippen LogP contribution is 2.28. The lowest BCUT2D eigenvalue weighted by Crippen LogP contribution is -2.54. The van der Waals surface area contributed by atoms with Gasteiger partial charge in [0.05, 0.1) is 16.5 Å². The van der Waals surface area contributed by atoms with Gasteiger partial charge in [-0.2, -0.15) is 9.57 Å². The molecule has 2 unspecified atom stereocenters. The predicted molar refractivity (Wildman–Crippen MR) is 87.8 cm³/mol. The quantitative estimate of drug-likeness (QED) is 0.842. The fraction of sp³-hybridized carbons (Fsp3) is 0.500. The molecule has 1 fully saturated rings. The summed E-state index contributed by atoms with van der Waals surface area (Å²) in [5.41, 5.74) is -0.120. The molecule has 0 saturated carbocycles. The Kier molecular flexibility index (Phi) is 4.99. The molecule has 1 saturated heterocycles. The van der Waals surface area contributed by atoms with E-state index in [1.165, 1.54) is 24.3 Å². The van der Waals surface area contributed by atoms with E-state index >= 15 is 0 Å². The Labute approximate surface area is 141 Å². The topological polar surface area (TPSA) is 111 Å². The number of hydrogen-bond donors (Lipinski definition) is 2. The summed E-state index contributed by atoms with van der Waals surface area (Å²) in [6.07, 6.45) is 0.408. The standard InChI is InChI=1S/C16H21N3O4S/c1-16(2,3)18-13-7-8-19(14(13)15(20)21)24(22,23)12-6-4-5-11(9-12)10-17/h4-6,9,13-14,18H,7-8H2,1-3H3,(H,20,21). The second-order valence-corrected chi connectivity index (χ2v) is 8.72. The monoisotopic (exact) mass is 351 g/mol. The van der Waals surface area contributed by atoms with E-state index in [0.29, 0.717) is 6.42 Å². The van der Waals surface area contributed by atoms with Crippen LogP contribution < -0.4 is 5.32 Å². The second kappa shape index (κ2) is 6.51. The zero-order chi connectivity index (χ0) is 18.1. The van der Waals surface area contributed by atoms with Gasteiger partial charge >= 0.3 is 5.97 Å². The molecule has 1 aliphatic rings. The molecule has 0 aromatic heterocycles. The number of sulfonamides is 1. The van der Waals surface area contributed by atoms with Gasteiger partial charge in [-0.25, -0.2) is 8.42 Å². The molecule has 1 heterocycles. The van der Waals surface area contributed by atoms with Crippen molar-refractivity contribution in [3.05, 3.63) is 29.8 Å². The Balaban J connectivity index is 2.39. The van der Waals surface area contributed by atoms with Gasteiger partial charge in [0.1, 0.15) is 6.04 Å². The van der Waals surface area contributed by atoms with Crippen LogP contribution in [0.2, 0.25) is 0 Å². The van der Waals surface area contributed by atoms with Crippen LogP contribution in [0.25, 0.3) is 0 Å². The zero-order valence-corrected chi connectivity index (χ0v) is 14.7. The maximum absolute atomic E-state index is 12.9. The number of nitrogens with one attached hydrogen (secondary N) is 1. The molecule has 0 spiro atoms. The van der Waals surface area contributed by atoms with Crippen molar-refractivity contribution in [3.8, 4) is 6.07 Å². The van der Waals surface area contributed by atoms with E-state index in [1.54, 1.807) is 0 Å². The maximum Gasteiger partial charge on any atom is 0.323 e. The molecule has 1 aromatic carbocycles. The first-order valence-corrected chi connectivity index (χ1v) is 9.03. The molecule has 2 N–H and O–H groups in total. The zero-order valence-electron chi connectivity index (χ0n) is 13.9. The van der Waals surface area contributed by atoms with Crippen molar-refractivity contribution in [2.45, 2.75) is 49.7 Å². The minimum Gasteiger partial charge on any atom is -0.480 e. The normalized spacial score (nSPS) is 22.2. The summed E-state index contributed by atoms with van der Waals surface area (Å²) in [6, 6.07) is 5.85. The Bertz CT molecular complexity index is 777. The van der Waals surface area contributed by atoms with Crippen LogP contribution in [0.15, 0.2) is 29.2 Å². The van der Waals surface area contributed by atoms with Crippen LogP contribution in [-0.4, -0.2) is 48.0 Å². The van der Waals surface area contributed by atoms with Crippen molar-refractivity contribution in [1.29, 1.82) is 5.26 Å². The summed E-state index contributed by atoms with van der Waals surface area (Å²) in [5, 5.41) is 21.7. The van der Waals surface area contributed by atoms with Crippen LogP contribution in [0, 0.1) is 11.3 Å². The molecule has 0 radical (unpaired) electrons. The number of carbonyl (C=O) groups is 1. The van der Waals surface area contributed by atoms with E-state index in [1.807, 2.05) is 26.8 Å². The highest BCUT2D eigenvalue weighted by molar-refractivity contribution is 7.89. The third kappa shape index (κ3) is 3.75. The van der Waals surface area contributed by atoms with Crippen molar-refractivity contribution in [2.75, 3.05) is 6.54 Å². The third-order valence-corrected chi connectivity index (χ3v) is 5.67. The number of nitriles is 1. The molecule has 8 heteroatoms. The number of carboxylic acids is 1. The van der Waals surface area contributed by atoms with E-state index in [4.69, 9.17) is 5.26 Å². The summed E-state index contributed by atoms with van der Waals surface area (Å²) < 4.78 is 26.7. The molecule has 2 rings (SSSR count). The Morgan fingerprint density at radius 3 is 2.62 bits per heavy atom. The van der Waals surface area contributed by atoms with Crippen molar-refractivity contribution < 1.29 is 18.3 Å². The molecule has 1 aromatic rings. The van der Waals surface area contributed by atoms with Gasteiger partial charge in [0.2, 0.25) is 10.0 Å². The summed E-state index contributed by atoms with van der Waals surface area (Å²) >= 11 is 0. The molecule has 0 aliphatic carbocycles. The average molecular weight is 351 g/mol. The van der Waals surface area contributed by atoms with Crippen LogP contribution in [-0.2, 0) is 14.8 Å². The summed E-state index contributed by atoms with van der Waals surface area (Å²) in [6.45, 7) is 5.82. The van der Waals surface area contributed by atoms with Crippen molar-refractivity contribution >= 4 is 16.0 Å². The molecule has 2 atom stereocenters. The summed E-state index contributed by atoms with van der Waals surface area (Å²) in [5.74, 6) is -1.19. The smallest absolute Gasteiger partial charge is 0.323 e. The van der Waals surface area contributed by atoms with Crippen molar-refractivity contribution in [2.24, 2.45) is 0 Å². The van der Waals surface area contributed by atoms with Gasteiger partial charge in [0.15, 0.2) is 0 Å². The van der Waals surface area contributed by atoms with Gasteiger partial charge in [-0.15, -0.1) is 0 Å². The van der Waals surface area contributed by atoms with E-state index in [9.17, 15) is 18.3 Å². The van der Waals surface area contributed by atoms with Crippen molar-refractivity contribution in [1.82, 2.24) is 9.62 Å². The van der Waals surface area contributed by atoms with Crippen molar-refractivity contribution in [3.63, 3.8) is 0 Å². The van der Waals surface area contributed by atoms with Gasteiger partial charge < -0.3 is 10.4 Å². The van der Waals surface area contributed by atoms with Gasteiger partial charge in [-0.3, -0.25) is 4.79 Å². The molecule has 0 bridgehead atoms. The second-order valence-electron chi connectivity index (χ2n) is 6.83. The number of carboxylic acid groups (broad SMARTS) is 1. The molecule has 1 aliphatic heterocycles. The average Bonchev–Trinajstić information content (AvgIpc) is 2.89. The van der Waals surface area contributed by atoms with E-state index in [-0.39, 0.29) is 22.5 Å². The van der Waals surface area contributed by atoms with Gasteiger partial charge in [0.25, 0.3) is 0 Å². The summed E-state index contributed by atoms with van der Waals surface area (Å²) in [7, 11) is -3.99. The number of aliphatic carboxylic acids is 1. The molecule has 130 valence electrons. The maximum atomic E-state index is 12.9. The van der Waals surface area contributed by atoms with Crippen LogP contribution in [0.3, 0.4) is 0 Å². The Morgan fingerprint density at radius 1 is 1.42 bits per heavy atom. The van der Waals surface area contributed by atoms with E-state index in [0.717, 1.165) is 4.31 Å². The minimum atomic E-state index is -3.99. The van der Waals surface area contributed by atoms with Crippen LogP contribution in [0.1, 0.15) is 32.8 Å². The number of nitrogens with zero attached hydrogens (tertiary/aromatic N) is 2. The first kappa shape index (κ1) is 18.4. The molecule has 7 nitrogen and oxygen atoms in total. The van der Waals surface area contributed by atoms with E-state index < -0.39 is 28.1 Å². The first-order valence-electron chi connectivity index (χ1n) is 7.59. The van der Waals surface area contributed by atoms with Gasteiger partial charge in [0, 0.05) is 18.1 Å². The highest BCUT2D eigenvalue weighted by Gasteiger charge is 2.46. The molecular weight excluding hydrogens is 330 g/mol. The van der Waals surface area contributed by atoms with Crippen LogP contribution >= 0.6 is 0 Å². The largest absolute Gasteiger partial charge is 0.480 e. The lowest BCUT2D eigenvalue weighted by Gasteiger charge is -2.30. The molecular formula is C16H21N3O4S. The molecule has 24 heavy (non-hydrogen) atoms. The lowest BCUT2D eigenvalue weighted by atomic mass is 10.0. The number of benzene rings is 1. The van der Waals surface area contributed by atoms with Gasteiger partial charge in [-0.05, 0) is 45.4 Å². The fourth-order valence-electron chi connectivity index (χ4n) is 2.90. The number of hydrogen-bond acceptors (Lipinski definition) is 5. The predicted octanol–water partition coefficient (Wildman–Crippen LogP) is 1.16. The highest BCUT2D eigenvalue weighted by atomic mass is 32.2. The third-order valence-electron chi connectivity index (χ3n) is 3.79. The minimum absolute atomic E-state index is 0.0655. The molecule has 0 amide bonds. The Hall–Kier alpha value is -1.95. The first-order chi connectivity index (χ1) is 11.1.